The average molecular weight is 360 g/mol. The van der Waals surface area contributed by atoms with Gasteiger partial charge in [-0.1, -0.05) is 30.3 Å². The molecule has 2 N–H and O–H groups in total. The van der Waals surface area contributed by atoms with E-state index in [0.29, 0.717) is 17.2 Å². The highest BCUT2D eigenvalue weighted by Crippen LogP contribution is 2.17. The average Bonchev–Trinajstić information content (AvgIpc) is 2.69. The van der Waals surface area contributed by atoms with Crippen LogP contribution in [-0.4, -0.2) is 21.7 Å². The van der Waals surface area contributed by atoms with Crippen LogP contribution in [0, 0.1) is 0 Å². The predicted molar refractivity (Wildman–Crippen MR) is 105 cm³/mol. The lowest BCUT2D eigenvalue weighted by molar-refractivity contribution is 0.101. The molecule has 27 heavy (non-hydrogen) atoms. The van der Waals surface area contributed by atoms with Crippen LogP contribution in [0.25, 0.3) is 0 Å². The molecule has 0 aliphatic rings. The second kappa shape index (κ2) is 8.23. The quantitative estimate of drug-likeness (QED) is 0.647. The maximum atomic E-state index is 12.4. The van der Waals surface area contributed by atoms with E-state index in [1.807, 2.05) is 37.3 Å². The van der Waals surface area contributed by atoms with Crippen molar-refractivity contribution in [3.8, 4) is 0 Å². The second-order valence-corrected chi connectivity index (χ2v) is 6.13. The zero-order valence-electron chi connectivity index (χ0n) is 15.1. The van der Waals surface area contributed by atoms with Gasteiger partial charge in [-0.15, -0.1) is 0 Å². The molecule has 0 saturated heterocycles. The Kier molecular flexibility index (Phi) is 5.56. The molecule has 6 heteroatoms. The molecule has 0 bridgehead atoms. The van der Waals surface area contributed by atoms with Crippen LogP contribution in [0.5, 0.6) is 0 Å². The zero-order valence-corrected chi connectivity index (χ0v) is 15.1. The lowest BCUT2D eigenvalue weighted by Gasteiger charge is -2.14. The highest BCUT2D eigenvalue weighted by atomic mass is 16.2. The molecule has 3 aromatic rings. The molecule has 0 radical (unpaired) electrons. The molecular weight excluding hydrogens is 340 g/mol. The number of carbonyl (C=O) groups excluding carboxylic acids is 2. The van der Waals surface area contributed by atoms with Crippen LogP contribution in [0.2, 0.25) is 0 Å². The fourth-order valence-corrected chi connectivity index (χ4v) is 2.56. The molecule has 0 fully saturated rings. The van der Waals surface area contributed by atoms with Gasteiger partial charge in [-0.2, -0.15) is 0 Å². The number of nitrogens with zero attached hydrogens (tertiary/aromatic N) is 2. The Labute approximate surface area is 157 Å². The Balaban J connectivity index is 1.69. The van der Waals surface area contributed by atoms with Gasteiger partial charge in [0.2, 0.25) is 5.95 Å². The summed E-state index contributed by atoms with van der Waals surface area (Å²) in [4.78, 5) is 32.2. The first-order valence-electron chi connectivity index (χ1n) is 8.60. The number of hydrogen-bond donors (Lipinski definition) is 2. The first-order chi connectivity index (χ1) is 13.0. The highest BCUT2D eigenvalue weighted by molar-refractivity contribution is 6.03. The number of ketones is 1. The molecule has 1 atom stereocenters. The van der Waals surface area contributed by atoms with Gasteiger partial charge in [-0.05, 0) is 49.7 Å². The van der Waals surface area contributed by atoms with Gasteiger partial charge in [0, 0.05) is 17.4 Å². The molecule has 3 rings (SSSR count). The molecule has 136 valence electrons. The number of aromatic nitrogens is 2. The van der Waals surface area contributed by atoms with Crippen molar-refractivity contribution in [1.82, 2.24) is 9.97 Å². The molecule has 1 aromatic heterocycles. The van der Waals surface area contributed by atoms with Gasteiger partial charge in [0.05, 0.1) is 6.04 Å². The van der Waals surface area contributed by atoms with Gasteiger partial charge in [0.15, 0.2) is 5.78 Å². The zero-order chi connectivity index (χ0) is 19.2. The summed E-state index contributed by atoms with van der Waals surface area (Å²) in [6, 6.07) is 18.2. The summed E-state index contributed by atoms with van der Waals surface area (Å²) in [6.45, 7) is 3.50. The van der Waals surface area contributed by atoms with Crippen LogP contribution < -0.4 is 10.6 Å². The fraction of sp³-hybridized carbons (Fsp3) is 0.143. The fourth-order valence-electron chi connectivity index (χ4n) is 2.56. The van der Waals surface area contributed by atoms with Gasteiger partial charge >= 0.3 is 0 Å². The van der Waals surface area contributed by atoms with E-state index in [1.165, 1.54) is 6.92 Å². The summed E-state index contributed by atoms with van der Waals surface area (Å²) in [5, 5.41) is 5.97. The third kappa shape index (κ3) is 4.76. The van der Waals surface area contributed by atoms with E-state index in [9.17, 15) is 9.59 Å². The molecule has 0 aliphatic heterocycles. The lowest BCUT2D eigenvalue weighted by atomic mass is 10.1. The first kappa shape index (κ1) is 18.3. The Hall–Kier alpha value is -3.54. The Bertz CT molecular complexity index is 940. The third-order valence-corrected chi connectivity index (χ3v) is 4.08. The van der Waals surface area contributed by atoms with E-state index in [0.717, 1.165) is 5.56 Å². The van der Waals surface area contributed by atoms with Gasteiger partial charge in [-0.3, -0.25) is 9.59 Å². The summed E-state index contributed by atoms with van der Waals surface area (Å²) < 4.78 is 0. The smallest absolute Gasteiger partial charge is 0.274 e. The molecule has 1 heterocycles. The minimum absolute atomic E-state index is 0.00337. The number of Topliss-reactive ketones (excluding diaryl/α,β-unsaturated/α-hetero) is 1. The largest absolute Gasteiger partial charge is 0.348 e. The SMILES string of the molecule is CC(=O)c1ccc(NC(=O)c2ccnc(NC(C)c3ccccc3)n2)cc1. The Morgan fingerprint density at radius 3 is 2.33 bits per heavy atom. The van der Waals surface area contributed by atoms with E-state index in [1.54, 1.807) is 36.5 Å². The Morgan fingerprint density at radius 2 is 1.67 bits per heavy atom. The molecule has 0 aliphatic carbocycles. The van der Waals surface area contributed by atoms with Crippen LogP contribution in [0.15, 0.2) is 66.9 Å². The number of anilines is 2. The lowest BCUT2D eigenvalue weighted by Crippen LogP contribution is -2.16. The van der Waals surface area contributed by atoms with Crippen molar-refractivity contribution in [3.63, 3.8) is 0 Å². The van der Waals surface area contributed by atoms with Crippen LogP contribution in [0.1, 0.15) is 46.3 Å². The molecule has 0 spiro atoms. The molecular formula is C21H20N4O2. The second-order valence-electron chi connectivity index (χ2n) is 6.13. The number of carbonyl (C=O) groups is 2. The maximum Gasteiger partial charge on any atom is 0.274 e. The van der Waals surface area contributed by atoms with E-state index < -0.39 is 0 Å². The first-order valence-corrected chi connectivity index (χ1v) is 8.60. The van der Waals surface area contributed by atoms with Crippen molar-refractivity contribution in [3.05, 3.63) is 83.7 Å². The van der Waals surface area contributed by atoms with Crippen LogP contribution >= 0.6 is 0 Å². The summed E-state index contributed by atoms with van der Waals surface area (Å²) in [7, 11) is 0. The molecule has 0 saturated carbocycles. The number of rotatable bonds is 6. The van der Waals surface area contributed by atoms with Crippen molar-refractivity contribution < 1.29 is 9.59 Å². The van der Waals surface area contributed by atoms with Crippen LogP contribution in [-0.2, 0) is 0 Å². The molecule has 2 aromatic carbocycles. The normalized spacial score (nSPS) is 11.5. The van der Waals surface area contributed by atoms with Crippen molar-refractivity contribution in [2.75, 3.05) is 10.6 Å². The van der Waals surface area contributed by atoms with E-state index in [2.05, 4.69) is 20.6 Å². The number of nitrogens with one attached hydrogen (secondary N) is 2. The minimum atomic E-state index is -0.344. The predicted octanol–water partition coefficient (Wildman–Crippen LogP) is 4.10. The number of hydrogen-bond acceptors (Lipinski definition) is 5. The molecule has 6 nitrogen and oxygen atoms in total. The van der Waals surface area contributed by atoms with Crippen molar-refractivity contribution in [2.24, 2.45) is 0 Å². The van der Waals surface area contributed by atoms with Crippen molar-refractivity contribution >= 4 is 23.3 Å². The van der Waals surface area contributed by atoms with E-state index in [4.69, 9.17) is 0 Å². The molecule has 1 unspecified atom stereocenters. The minimum Gasteiger partial charge on any atom is -0.348 e. The topological polar surface area (TPSA) is 84.0 Å². The monoisotopic (exact) mass is 360 g/mol. The molecule has 1 amide bonds. The number of benzene rings is 2. The van der Waals surface area contributed by atoms with Gasteiger partial charge < -0.3 is 10.6 Å². The maximum absolute atomic E-state index is 12.4. The highest BCUT2D eigenvalue weighted by Gasteiger charge is 2.12. The summed E-state index contributed by atoms with van der Waals surface area (Å²) >= 11 is 0. The van der Waals surface area contributed by atoms with E-state index >= 15 is 0 Å². The summed E-state index contributed by atoms with van der Waals surface area (Å²) in [5.74, 6) is 0.0150. The summed E-state index contributed by atoms with van der Waals surface area (Å²) in [5.41, 5.74) is 2.54. The van der Waals surface area contributed by atoms with Crippen LogP contribution in [0.3, 0.4) is 0 Å². The standard InChI is InChI=1S/C21H20N4O2/c1-14(16-6-4-3-5-7-16)23-21-22-13-12-19(25-21)20(27)24-18-10-8-17(9-11-18)15(2)26/h3-14H,1-2H3,(H,24,27)(H,22,23,25). The van der Waals surface area contributed by atoms with E-state index in [-0.39, 0.29) is 23.4 Å². The van der Waals surface area contributed by atoms with Gasteiger partial charge in [0.1, 0.15) is 5.69 Å². The Morgan fingerprint density at radius 1 is 0.963 bits per heavy atom. The third-order valence-electron chi connectivity index (χ3n) is 4.08. The van der Waals surface area contributed by atoms with Gasteiger partial charge in [0.25, 0.3) is 5.91 Å². The summed E-state index contributed by atoms with van der Waals surface area (Å²) in [6.07, 6.45) is 1.54. The number of amides is 1. The van der Waals surface area contributed by atoms with Gasteiger partial charge in [-0.25, -0.2) is 9.97 Å². The van der Waals surface area contributed by atoms with Crippen molar-refractivity contribution in [1.29, 1.82) is 0 Å². The van der Waals surface area contributed by atoms with Crippen molar-refractivity contribution in [2.45, 2.75) is 19.9 Å². The van der Waals surface area contributed by atoms with Crippen LogP contribution in [0.4, 0.5) is 11.6 Å².